The Morgan fingerprint density at radius 2 is 2.06 bits per heavy atom. The van der Waals surface area contributed by atoms with Crippen molar-refractivity contribution in [2.45, 2.75) is 46.5 Å². The Bertz CT molecular complexity index is 371. The van der Waals surface area contributed by atoms with Crippen molar-refractivity contribution in [1.82, 2.24) is 4.98 Å². The summed E-state index contributed by atoms with van der Waals surface area (Å²) in [4.78, 5) is 18.5. The van der Waals surface area contributed by atoms with Crippen LogP contribution in [0.2, 0.25) is 0 Å². The fourth-order valence-corrected chi connectivity index (χ4v) is 2.64. The highest BCUT2D eigenvalue weighted by Gasteiger charge is 2.13. The topological polar surface area (TPSA) is 53.4 Å². The number of carboxylic acid groups (broad SMARTS) is 1. The van der Waals surface area contributed by atoms with E-state index in [1.54, 1.807) is 11.3 Å². The first-order valence-corrected chi connectivity index (χ1v) is 7.27. The lowest BCUT2D eigenvalue weighted by Crippen LogP contribution is -2.27. The van der Waals surface area contributed by atoms with Gasteiger partial charge < -0.3 is 10.0 Å². The first kappa shape index (κ1) is 15.0. The standard InChI is InChI=1S/C13H22N2O2S/c1-4-5-6-8-15(9-7-12(16)17)13-14-10(2)11(3)18-13/h4-9H2,1-3H3,(H,16,17). The third kappa shape index (κ3) is 4.64. The van der Waals surface area contributed by atoms with Crippen LogP contribution < -0.4 is 4.90 Å². The highest BCUT2D eigenvalue weighted by atomic mass is 32.1. The van der Waals surface area contributed by atoms with Crippen molar-refractivity contribution in [3.8, 4) is 0 Å². The highest BCUT2D eigenvalue weighted by molar-refractivity contribution is 7.15. The molecule has 0 saturated heterocycles. The second-order valence-electron chi connectivity index (χ2n) is 4.48. The van der Waals surface area contributed by atoms with Gasteiger partial charge in [0.15, 0.2) is 5.13 Å². The molecule has 0 spiro atoms. The van der Waals surface area contributed by atoms with Crippen LogP contribution in [0.5, 0.6) is 0 Å². The number of nitrogens with zero attached hydrogens (tertiary/aromatic N) is 2. The van der Waals surface area contributed by atoms with Gasteiger partial charge in [0, 0.05) is 18.0 Å². The molecule has 0 aromatic carbocycles. The van der Waals surface area contributed by atoms with Crippen LogP contribution in [0.15, 0.2) is 0 Å². The number of aromatic nitrogens is 1. The van der Waals surface area contributed by atoms with Gasteiger partial charge in [0.2, 0.25) is 0 Å². The summed E-state index contributed by atoms with van der Waals surface area (Å²) < 4.78 is 0. The summed E-state index contributed by atoms with van der Waals surface area (Å²) in [5.74, 6) is -0.750. The summed E-state index contributed by atoms with van der Waals surface area (Å²) in [7, 11) is 0. The van der Waals surface area contributed by atoms with Gasteiger partial charge in [0.1, 0.15) is 0 Å². The predicted octanol–water partition coefficient (Wildman–Crippen LogP) is 3.23. The van der Waals surface area contributed by atoms with Gasteiger partial charge in [-0.25, -0.2) is 4.98 Å². The molecule has 1 aromatic heterocycles. The third-order valence-electron chi connectivity index (χ3n) is 2.91. The number of carboxylic acids is 1. The Labute approximate surface area is 113 Å². The lowest BCUT2D eigenvalue weighted by Gasteiger charge is -2.20. The van der Waals surface area contributed by atoms with Gasteiger partial charge in [-0.1, -0.05) is 19.8 Å². The van der Waals surface area contributed by atoms with Gasteiger partial charge in [0.25, 0.3) is 0 Å². The van der Waals surface area contributed by atoms with Crippen LogP contribution in [-0.2, 0) is 4.79 Å². The molecule has 0 unspecified atom stereocenters. The van der Waals surface area contributed by atoms with Crippen molar-refractivity contribution >= 4 is 22.4 Å². The Balaban J connectivity index is 2.65. The number of hydrogen-bond donors (Lipinski definition) is 1. The Morgan fingerprint density at radius 3 is 2.56 bits per heavy atom. The molecule has 0 aliphatic carbocycles. The van der Waals surface area contributed by atoms with Gasteiger partial charge in [-0.2, -0.15) is 0 Å². The minimum Gasteiger partial charge on any atom is -0.481 e. The van der Waals surface area contributed by atoms with E-state index in [0.29, 0.717) is 6.54 Å². The molecule has 18 heavy (non-hydrogen) atoms. The summed E-state index contributed by atoms with van der Waals surface area (Å²) in [5, 5.41) is 9.76. The van der Waals surface area contributed by atoms with Gasteiger partial charge in [-0.3, -0.25) is 4.79 Å². The van der Waals surface area contributed by atoms with Crippen LogP contribution in [0.1, 0.15) is 43.2 Å². The number of rotatable bonds is 8. The average Bonchev–Trinajstić information content (AvgIpc) is 2.63. The monoisotopic (exact) mass is 270 g/mol. The predicted molar refractivity (Wildman–Crippen MR) is 75.6 cm³/mol. The molecule has 0 saturated carbocycles. The summed E-state index contributed by atoms with van der Waals surface area (Å²) >= 11 is 1.65. The molecule has 0 aliphatic heterocycles. The second kappa shape index (κ2) is 7.36. The van der Waals surface area contributed by atoms with Gasteiger partial charge >= 0.3 is 5.97 Å². The van der Waals surface area contributed by atoms with E-state index in [-0.39, 0.29) is 6.42 Å². The molecule has 0 aliphatic rings. The van der Waals surface area contributed by atoms with Crippen LogP contribution in [-0.4, -0.2) is 29.1 Å². The van der Waals surface area contributed by atoms with E-state index in [2.05, 4.69) is 23.7 Å². The van der Waals surface area contributed by atoms with Crippen molar-refractivity contribution in [3.63, 3.8) is 0 Å². The summed E-state index contributed by atoms with van der Waals surface area (Å²) in [6.45, 7) is 7.66. The highest BCUT2D eigenvalue weighted by Crippen LogP contribution is 2.25. The summed E-state index contributed by atoms with van der Waals surface area (Å²) in [6, 6.07) is 0. The van der Waals surface area contributed by atoms with E-state index in [0.717, 1.165) is 23.8 Å². The van der Waals surface area contributed by atoms with Gasteiger partial charge in [0.05, 0.1) is 12.1 Å². The average molecular weight is 270 g/mol. The number of aryl methyl sites for hydroxylation is 2. The van der Waals surface area contributed by atoms with Crippen molar-refractivity contribution in [2.75, 3.05) is 18.0 Å². The molecule has 1 heterocycles. The van der Waals surface area contributed by atoms with E-state index in [9.17, 15) is 4.79 Å². The smallest absolute Gasteiger partial charge is 0.305 e. The normalized spacial score (nSPS) is 10.6. The van der Waals surface area contributed by atoms with Crippen LogP contribution in [0.25, 0.3) is 0 Å². The molecular weight excluding hydrogens is 248 g/mol. The van der Waals surface area contributed by atoms with E-state index < -0.39 is 5.97 Å². The SMILES string of the molecule is CCCCCN(CCC(=O)O)c1nc(C)c(C)s1. The molecule has 4 nitrogen and oxygen atoms in total. The van der Waals surface area contributed by atoms with Crippen LogP contribution in [0.4, 0.5) is 5.13 Å². The number of hydrogen-bond acceptors (Lipinski definition) is 4. The maximum Gasteiger partial charge on any atom is 0.305 e. The zero-order valence-electron chi connectivity index (χ0n) is 11.4. The summed E-state index contributed by atoms with van der Waals surface area (Å²) in [5.41, 5.74) is 1.05. The fraction of sp³-hybridized carbons (Fsp3) is 0.692. The zero-order valence-corrected chi connectivity index (χ0v) is 12.2. The quantitative estimate of drug-likeness (QED) is 0.737. The van der Waals surface area contributed by atoms with Gasteiger partial charge in [-0.05, 0) is 20.3 Å². The fourth-order valence-electron chi connectivity index (χ4n) is 1.68. The zero-order chi connectivity index (χ0) is 13.5. The van der Waals surface area contributed by atoms with Crippen LogP contribution in [0, 0.1) is 13.8 Å². The lowest BCUT2D eigenvalue weighted by atomic mass is 10.2. The van der Waals surface area contributed by atoms with Crippen LogP contribution in [0.3, 0.4) is 0 Å². The second-order valence-corrected chi connectivity index (χ2v) is 5.66. The first-order valence-electron chi connectivity index (χ1n) is 6.45. The maximum atomic E-state index is 10.7. The Hall–Kier alpha value is -1.10. The molecule has 102 valence electrons. The molecule has 0 bridgehead atoms. The number of anilines is 1. The minimum absolute atomic E-state index is 0.170. The molecule has 0 amide bonds. The molecule has 0 radical (unpaired) electrons. The van der Waals surface area contributed by atoms with Gasteiger partial charge in [-0.15, -0.1) is 11.3 Å². The van der Waals surface area contributed by atoms with Crippen molar-refractivity contribution in [3.05, 3.63) is 10.6 Å². The van der Waals surface area contributed by atoms with Crippen molar-refractivity contribution in [2.24, 2.45) is 0 Å². The Morgan fingerprint density at radius 1 is 1.33 bits per heavy atom. The van der Waals surface area contributed by atoms with Crippen molar-refractivity contribution < 1.29 is 9.90 Å². The van der Waals surface area contributed by atoms with Crippen LogP contribution >= 0.6 is 11.3 Å². The largest absolute Gasteiger partial charge is 0.481 e. The van der Waals surface area contributed by atoms with E-state index in [1.807, 2.05) is 6.92 Å². The first-order chi connectivity index (χ1) is 8.54. The van der Waals surface area contributed by atoms with E-state index in [1.165, 1.54) is 17.7 Å². The minimum atomic E-state index is -0.750. The third-order valence-corrected chi connectivity index (χ3v) is 4.05. The molecule has 1 aromatic rings. The molecule has 1 N–H and O–H groups in total. The molecular formula is C13H22N2O2S. The number of aliphatic carboxylic acids is 1. The maximum absolute atomic E-state index is 10.7. The summed E-state index contributed by atoms with van der Waals surface area (Å²) in [6.07, 6.45) is 3.60. The molecule has 1 rings (SSSR count). The van der Waals surface area contributed by atoms with Crippen molar-refractivity contribution in [1.29, 1.82) is 0 Å². The number of thiazole rings is 1. The lowest BCUT2D eigenvalue weighted by molar-refractivity contribution is -0.136. The Kier molecular flexibility index (Phi) is 6.12. The van der Waals surface area contributed by atoms with E-state index >= 15 is 0 Å². The molecule has 5 heteroatoms. The number of carbonyl (C=O) groups is 1. The van der Waals surface area contributed by atoms with E-state index in [4.69, 9.17) is 5.11 Å². The number of unbranched alkanes of at least 4 members (excludes halogenated alkanes) is 2. The molecule has 0 fully saturated rings. The molecule has 0 atom stereocenters.